The smallest absolute Gasteiger partial charge is 0.251 e. The SMILES string of the molecule is N#CC1CCN(CCn2ccc(-c3ccc4c(c3)ncn4-c3ccsc3)cc2=O)CC1. The zero-order chi connectivity index (χ0) is 21.2. The largest absolute Gasteiger partial charge is 0.314 e. The first-order valence-corrected chi connectivity index (χ1v) is 11.5. The van der Waals surface area contributed by atoms with E-state index < -0.39 is 0 Å². The van der Waals surface area contributed by atoms with Gasteiger partial charge >= 0.3 is 0 Å². The summed E-state index contributed by atoms with van der Waals surface area (Å²) in [5.41, 5.74) is 4.98. The molecule has 0 saturated carbocycles. The van der Waals surface area contributed by atoms with E-state index in [1.165, 1.54) is 0 Å². The molecule has 1 fully saturated rings. The number of aromatic nitrogens is 3. The van der Waals surface area contributed by atoms with Crippen molar-refractivity contribution in [2.45, 2.75) is 19.4 Å². The maximum atomic E-state index is 12.7. The monoisotopic (exact) mass is 429 g/mol. The van der Waals surface area contributed by atoms with Crippen LogP contribution in [0.1, 0.15) is 12.8 Å². The van der Waals surface area contributed by atoms with Crippen LogP contribution in [0.5, 0.6) is 0 Å². The van der Waals surface area contributed by atoms with Gasteiger partial charge in [0.25, 0.3) is 5.56 Å². The lowest BCUT2D eigenvalue weighted by Crippen LogP contribution is -2.36. The highest BCUT2D eigenvalue weighted by atomic mass is 32.1. The minimum Gasteiger partial charge on any atom is -0.314 e. The summed E-state index contributed by atoms with van der Waals surface area (Å²) in [4.78, 5) is 19.6. The molecule has 3 aromatic heterocycles. The van der Waals surface area contributed by atoms with Gasteiger partial charge in [-0.25, -0.2) is 4.98 Å². The van der Waals surface area contributed by atoms with Crippen LogP contribution in [-0.4, -0.2) is 38.7 Å². The number of thiophene rings is 1. The third kappa shape index (κ3) is 4.05. The van der Waals surface area contributed by atoms with Crippen LogP contribution in [0.3, 0.4) is 0 Å². The van der Waals surface area contributed by atoms with Gasteiger partial charge in [-0.15, -0.1) is 0 Å². The van der Waals surface area contributed by atoms with Crippen LogP contribution in [0.25, 0.3) is 27.8 Å². The predicted molar refractivity (Wildman–Crippen MR) is 123 cm³/mol. The molecular weight excluding hydrogens is 406 g/mol. The van der Waals surface area contributed by atoms with E-state index in [4.69, 9.17) is 5.26 Å². The summed E-state index contributed by atoms with van der Waals surface area (Å²) in [6.07, 6.45) is 5.58. The minimum absolute atomic E-state index is 0.00769. The van der Waals surface area contributed by atoms with E-state index >= 15 is 0 Å². The second-order valence-corrected chi connectivity index (χ2v) is 8.77. The van der Waals surface area contributed by atoms with Crippen LogP contribution >= 0.6 is 11.3 Å². The summed E-state index contributed by atoms with van der Waals surface area (Å²) in [5, 5.41) is 13.2. The molecule has 0 radical (unpaired) electrons. The van der Waals surface area contributed by atoms with Crippen molar-refractivity contribution in [2.75, 3.05) is 19.6 Å². The Labute approximate surface area is 184 Å². The standard InChI is InChI=1S/C24H23N5OS/c25-15-18-3-7-27(8-4-18)10-11-28-9-5-20(14-24(28)30)19-1-2-23-22(13-19)26-17-29(23)21-6-12-31-16-21/h1-2,5-6,9,12-14,16-18H,3-4,7-8,10-11H2. The van der Waals surface area contributed by atoms with Crippen molar-refractivity contribution in [3.8, 4) is 22.9 Å². The normalized spacial score (nSPS) is 15.3. The highest BCUT2D eigenvalue weighted by Gasteiger charge is 2.18. The summed E-state index contributed by atoms with van der Waals surface area (Å²) in [5.74, 6) is 0.187. The van der Waals surface area contributed by atoms with E-state index in [0.717, 1.165) is 60.3 Å². The summed E-state index contributed by atoms with van der Waals surface area (Å²) >= 11 is 1.66. The fourth-order valence-corrected chi connectivity index (χ4v) is 4.83. The molecule has 31 heavy (non-hydrogen) atoms. The van der Waals surface area contributed by atoms with Gasteiger partial charge in [-0.3, -0.25) is 9.36 Å². The molecule has 6 nitrogen and oxygen atoms in total. The van der Waals surface area contributed by atoms with E-state index in [9.17, 15) is 4.79 Å². The van der Waals surface area contributed by atoms with Crippen LogP contribution < -0.4 is 5.56 Å². The zero-order valence-corrected chi connectivity index (χ0v) is 18.0. The number of hydrogen-bond donors (Lipinski definition) is 0. The van der Waals surface area contributed by atoms with E-state index in [0.29, 0.717) is 6.54 Å². The maximum Gasteiger partial charge on any atom is 0.251 e. The van der Waals surface area contributed by atoms with Gasteiger partial charge in [-0.1, -0.05) is 6.07 Å². The number of fused-ring (bicyclic) bond motifs is 1. The Kier molecular flexibility index (Phi) is 5.41. The van der Waals surface area contributed by atoms with Crippen LogP contribution in [0.4, 0.5) is 0 Å². The Morgan fingerprint density at radius 2 is 1.94 bits per heavy atom. The third-order valence-electron chi connectivity index (χ3n) is 6.09. The zero-order valence-electron chi connectivity index (χ0n) is 17.1. The molecule has 0 bridgehead atoms. The number of imidazole rings is 1. The van der Waals surface area contributed by atoms with Crippen molar-refractivity contribution in [1.29, 1.82) is 5.26 Å². The topological polar surface area (TPSA) is 66.8 Å². The summed E-state index contributed by atoms with van der Waals surface area (Å²) in [6, 6.07) is 14.3. The maximum absolute atomic E-state index is 12.7. The van der Waals surface area contributed by atoms with Crippen molar-refractivity contribution < 1.29 is 0 Å². The highest BCUT2D eigenvalue weighted by Crippen LogP contribution is 2.25. The molecule has 1 saturated heterocycles. The van der Waals surface area contributed by atoms with E-state index in [1.807, 2.05) is 30.7 Å². The second-order valence-electron chi connectivity index (χ2n) is 7.99. The summed E-state index contributed by atoms with van der Waals surface area (Å²) in [6.45, 7) is 3.37. The Morgan fingerprint density at radius 1 is 1.10 bits per heavy atom. The molecule has 4 aromatic rings. The van der Waals surface area contributed by atoms with E-state index in [1.54, 1.807) is 22.0 Å². The van der Waals surface area contributed by atoms with Gasteiger partial charge in [0, 0.05) is 36.7 Å². The van der Waals surface area contributed by atoms with Gasteiger partial charge in [-0.05, 0) is 66.7 Å². The molecule has 1 aliphatic heterocycles. The van der Waals surface area contributed by atoms with Crippen molar-refractivity contribution in [3.63, 3.8) is 0 Å². The summed E-state index contributed by atoms with van der Waals surface area (Å²) in [7, 11) is 0. The molecule has 5 rings (SSSR count). The molecular formula is C24H23N5OS. The van der Waals surface area contributed by atoms with Crippen LogP contribution in [-0.2, 0) is 6.54 Å². The van der Waals surface area contributed by atoms with Crippen LogP contribution in [0.2, 0.25) is 0 Å². The number of nitrogens with zero attached hydrogens (tertiary/aromatic N) is 5. The minimum atomic E-state index is 0.00769. The van der Waals surface area contributed by atoms with Crippen molar-refractivity contribution in [2.24, 2.45) is 5.92 Å². The number of nitriles is 1. The Morgan fingerprint density at radius 3 is 2.68 bits per heavy atom. The third-order valence-corrected chi connectivity index (χ3v) is 6.76. The van der Waals surface area contributed by atoms with Gasteiger partial charge in [0.05, 0.1) is 22.8 Å². The van der Waals surface area contributed by atoms with Gasteiger partial charge in [0.1, 0.15) is 6.33 Å². The first-order valence-electron chi connectivity index (χ1n) is 10.5. The first kappa shape index (κ1) is 19.7. The quantitative estimate of drug-likeness (QED) is 0.478. The molecule has 0 aliphatic carbocycles. The number of pyridine rings is 1. The lowest BCUT2D eigenvalue weighted by atomic mass is 9.99. The molecule has 0 unspecified atom stereocenters. The Bertz CT molecular complexity index is 1290. The fraction of sp³-hybridized carbons (Fsp3) is 0.292. The Balaban J connectivity index is 1.31. The van der Waals surface area contributed by atoms with E-state index in [2.05, 4.69) is 43.4 Å². The van der Waals surface area contributed by atoms with Crippen molar-refractivity contribution >= 4 is 22.4 Å². The highest BCUT2D eigenvalue weighted by molar-refractivity contribution is 7.08. The average molecular weight is 430 g/mol. The van der Waals surface area contributed by atoms with Gasteiger partial charge in [0.2, 0.25) is 0 Å². The number of benzene rings is 1. The molecule has 0 N–H and O–H groups in total. The van der Waals surface area contributed by atoms with Crippen molar-refractivity contribution in [1.82, 2.24) is 19.0 Å². The molecule has 0 amide bonds. The lowest BCUT2D eigenvalue weighted by molar-refractivity contribution is 0.198. The average Bonchev–Trinajstić information content (AvgIpc) is 3.48. The lowest BCUT2D eigenvalue weighted by Gasteiger charge is -2.29. The molecule has 1 aromatic carbocycles. The van der Waals surface area contributed by atoms with Gasteiger partial charge in [-0.2, -0.15) is 16.6 Å². The van der Waals surface area contributed by atoms with Gasteiger partial charge < -0.3 is 9.47 Å². The predicted octanol–water partition coefficient (Wildman–Crippen LogP) is 4.15. The molecule has 1 aliphatic rings. The number of likely N-dealkylation sites (tertiary alicyclic amines) is 1. The summed E-state index contributed by atoms with van der Waals surface area (Å²) < 4.78 is 3.84. The first-order chi connectivity index (χ1) is 15.2. The fourth-order valence-electron chi connectivity index (χ4n) is 4.20. The number of rotatable bonds is 5. The Hall–Kier alpha value is -3.21. The second kappa shape index (κ2) is 8.50. The number of piperidine rings is 1. The van der Waals surface area contributed by atoms with Crippen LogP contribution in [0, 0.1) is 17.2 Å². The molecule has 0 atom stereocenters. The molecule has 156 valence electrons. The molecule has 0 spiro atoms. The molecule has 7 heteroatoms. The van der Waals surface area contributed by atoms with Crippen LogP contribution in [0.15, 0.2) is 64.5 Å². The molecule has 4 heterocycles. The van der Waals surface area contributed by atoms with Gasteiger partial charge in [0.15, 0.2) is 0 Å². The van der Waals surface area contributed by atoms with Crippen molar-refractivity contribution in [3.05, 3.63) is 70.0 Å². The van der Waals surface area contributed by atoms with E-state index in [-0.39, 0.29) is 11.5 Å². The number of hydrogen-bond acceptors (Lipinski definition) is 5.